The molecule has 0 radical (unpaired) electrons. The predicted molar refractivity (Wildman–Crippen MR) is 83.1 cm³/mol. The van der Waals surface area contributed by atoms with Crippen molar-refractivity contribution in [3.05, 3.63) is 17.2 Å². The van der Waals surface area contributed by atoms with Crippen LogP contribution >= 0.6 is 11.6 Å². The van der Waals surface area contributed by atoms with E-state index in [1.165, 1.54) is 14.2 Å². The van der Waals surface area contributed by atoms with E-state index in [1.807, 2.05) is 0 Å². The van der Waals surface area contributed by atoms with Gasteiger partial charge in [-0.3, -0.25) is 4.79 Å². The van der Waals surface area contributed by atoms with Gasteiger partial charge in [-0.1, -0.05) is 18.0 Å². The van der Waals surface area contributed by atoms with E-state index in [9.17, 15) is 4.79 Å². The second-order valence-corrected chi connectivity index (χ2v) is 5.71. The van der Waals surface area contributed by atoms with Gasteiger partial charge in [0, 0.05) is 18.0 Å². The highest BCUT2D eigenvalue weighted by molar-refractivity contribution is 6.32. The monoisotopic (exact) mass is 312 g/mol. The first-order chi connectivity index (χ1) is 10.0. The number of hydrogen-bond donors (Lipinski definition) is 2. The summed E-state index contributed by atoms with van der Waals surface area (Å²) in [6, 6.07) is 3.40. The Hall–Kier alpha value is -1.46. The zero-order valence-corrected chi connectivity index (χ0v) is 13.1. The van der Waals surface area contributed by atoms with Crippen LogP contribution in [0.2, 0.25) is 5.02 Å². The van der Waals surface area contributed by atoms with Gasteiger partial charge in [0.25, 0.3) is 0 Å². The standard InChI is InChI=1S/C15H21ClN2O3/c1-20-13-8-14(21-2)12(7-11(13)16)18-15(19)9-4-3-5-10(17)6-9/h7-10H,3-6,17H2,1-2H3,(H,18,19). The van der Waals surface area contributed by atoms with Gasteiger partial charge >= 0.3 is 0 Å². The van der Waals surface area contributed by atoms with Gasteiger partial charge in [0.1, 0.15) is 11.5 Å². The SMILES string of the molecule is COc1cc(OC)c(NC(=O)C2CCCC(N)C2)cc1Cl. The Labute approximate surface area is 129 Å². The molecular formula is C15H21ClN2O3. The van der Waals surface area contributed by atoms with Gasteiger partial charge in [0.05, 0.1) is 24.9 Å². The third-order valence-corrected chi connectivity index (χ3v) is 4.11. The van der Waals surface area contributed by atoms with Crippen LogP contribution in [-0.4, -0.2) is 26.2 Å². The molecule has 1 aliphatic rings. The number of carbonyl (C=O) groups is 1. The molecule has 0 aromatic heterocycles. The third-order valence-electron chi connectivity index (χ3n) is 3.82. The molecule has 2 atom stereocenters. The van der Waals surface area contributed by atoms with Crippen molar-refractivity contribution in [2.75, 3.05) is 19.5 Å². The Kier molecular flexibility index (Phi) is 5.31. The topological polar surface area (TPSA) is 73.6 Å². The zero-order valence-electron chi connectivity index (χ0n) is 12.3. The molecule has 2 rings (SSSR count). The molecule has 0 aliphatic heterocycles. The summed E-state index contributed by atoms with van der Waals surface area (Å²) in [5.41, 5.74) is 6.48. The van der Waals surface area contributed by atoms with Gasteiger partial charge in [0.15, 0.2) is 0 Å². The highest BCUT2D eigenvalue weighted by Gasteiger charge is 2.26. The smallest absolute Gasteiger partial charge is 0.227 e. The van der Waals surface area contributed by atoms with Crippen molar-refractivity contribution in [2.45, 2.75) is 31.7 Å². The van der Waals surface area contributed by atoms with E-state index in [1.54, 1.807) is 12.1 Å². The Morgan fingerprint density at radius 2 is 2.00 bits per heavy atom. The van der Waals surface area contributed by atoms with E-state index in [-0.39, 0.29) is 17.9 Å². The summed E-state index contributed by atoms with van der Waals surface area (Å²) in [5, 5.41) is 3.31. The molecule has 1 amide bonds. The fraction of sp³-hybridized carbons (Fsp3) is 0.533. The number of rotatable bonds is 4. The van der Waals surface area contributed by atoms with Crippen LogP contribution in [0.3, 0.4) is 0 Å². The van der Waals surface area contributed by atoms with E-state index in [2.05, 4.69) is 5.32 Å². The molecule has 6 heteroatoms. The van der Waals surface area contributed by atoms with Crippen LogP contribution in [0.25, 0.3) is 0 Å². The summed E-state index contributed by atoms with van der Waals surface area (Å²) in [6.07, 6.45) is 3.56. The summed E-state index contributed by atoms with van der Waals surface area (Å²) in [4.78, 5) is 12.4. The number of amides is 1. The minimum absolute atomic E-state index is 0.0373. The average Bonchev–Trinajstić information content (AvgIpc) is 2.47. The molecule has 21 heavy (non-hydrogen) atoms. The van der Waals surface area contributed by atoms with E-state index >= 15 is 0 Å². The predicted octanol–water partition coefficient (Wildman–Crippen LogP) is 2.81. The van der Waals surface area contributed by atoms with Gasteiger partial charge in [-0.15, -0.1) is 0 Å². The van der Waals surface area contributed by atoms with Crippen molar-refractivity contribution in [1.29, 1.82) is 0 Å². The Bertz CT molecular complexity index is 522. The molecule has 0 heterocycles. The Morgan fingerprint density at radius 1 is 1.29 bits per heavy atom. The second-order valence-electron chi connectivity index (χ2n) is 5.30. The second kappa shape index (κ2) is 7.00. The quantitative estimate of drug-likeness (QED) is 0.896. The van der Waals surface area contributed by atoms with Crippen molar-refractivity contribution < 1.29 is 14.3 Å². The zero-order chi connectivity index (χ0) is 15.4. The van der Waals surface area contributed by atoms with E-state index in [4.69, 9.17) is 26.8 Å². The Balaban J connectivity index is 2.14. The molecule has 0 saturated heterocycles. The minimum Gasteiger partial charge on any atom is -0.495 e. The maximum absolute atomic E-state index is 12.4. The molecular weight excluding hydrogens is 292 g/mol. The van der Waals surface area contributed by atoms with Crippen molar-refractivity contribution in [3.8, 4) is 11.5 Å². The number of ether oxygens (including phenoxy) is 2. The van der Waals surface area contributed by atoms with Crippen molar-refractivity contribution in [1.82, 2.24) is 0 Å². The van der Waals surface area contributed by atoms with Crippen molar-refractivity contribution in [2.24, 2.45) is 11.7 Å². The van der Waals surface area contributed by atoms with Crippen LogP contribution in [-0.2, 0) is 4.79 Å². The Morgan fingerprint density at radius 3 is 2.62 bits per heavy atom. The van der Waals surface area contributed by atoms with Crippen LogP contribution in [0.4, 0.5) is 5.69 Å². The van der Waals surface area contributed by atoms with Crippen LogP contribution < -0.4 is 20.5 Å². The lowest BCUT2D eigenvalue weighted by molar-refractivity contribution is -0.120. The van der Waals surface area contributed by atoms with E-state index in [0.717, 1.165) is 25.7 Å². The minimum atomic E-state index is -0.0562. The highest BCUT2D eigenvalue weighted by atomic mass is 35.5. The number of anilines is 1. The molecule has 2 unspecified atom stereocenters. The fourth-order valence-corrected chi connectivity index (χ4v) is 2.90. The molecule has 1 saturated carbocycles. The lowest BCUT2D eigenvalue weighted by Gasteiger charge is -2.26. The van der Waals surface area contributed by atoms with Gasteiger partial charge in [-0.05, 0) is 25.3 Å². The van der Waals surface area contributed by atoms with Gasteiger partial charge < -0.3 is 20.5 Å². The summed E-state index contributed by atoms with van der Waals surface area (Å²) >= 11 is 6.10. The maximum Gasteiger partial charge on any atom is 0.227 e. The number of carbonyl (C=O) groups excluding carboxylic acids is 1. The van der Waals surface area contributed by atoms with Gasteiger partial charge in [-0.25, -0.2) is 0 Å². The number of nitrogens with one attached hydrogen (secondary N) is 1. The van der Waals surface area contributed by atoms with E-state index in [0.29, 0.717) is 22.2 Å². The number of nitrogens with two attached hydrogens (primary N) is 1. The first-order valence-corrected chi connectivity index (χ1v) is 7.41. The summed E-state index contributed by atoms with van der Waals surface area (Å²) in [6.45, 7) is 0. The van der Waals surface area contributed by atoms with Crippen molar-refractivity contribution >= 4 is 23.2 Å². The van der Waals surface area contributed by atoms with Gasteiger partial charge in [-0.2, -0.15) is 0 Å². The molecule has 1 aromatic rings. The van der Waals surface area contributed by atoms with Crippen LogP contribution in [0.1, 0.15) is 25.7 Å². The molecule has 3 N–H and O–H groups in total. The molecule has 0 bridgehead atoms. The van der Waals surface area contributed by atoms with Crippen LogP contribution in [0, 0.1) is 5.92 Å². The van der Waals surface area contributed by atoms with Crippen molar-refractivity contribution in [3.63, 3.8) is 0 Å². The van der Waals surface area contributed by atoms with E-state index < -0.39 is 0 Å². The molecule has 1 fully saturated rings. The average molecular weight is 313 g/mol. The summed E-state index contributed by atoms with van der Waals surface area (Å²) < 4.78 is 10.4. The van der Waals surface area contributed by atoms with Gasteiger partial charge in [0.2, 0.25) is 5.91 Å². The van der Waals surface area contributed by atoms with Crippen LogP contribution in [0.5, 0.6) is 11.5 Å². The highest BCUT2D eigenvalue weighted by Crippen LogP contribution is 2.36. The first-order valence-electron chi connectivity index (χ1n) is 7.03. The number of halogens is 1. The summed E-state index contributed by atoms with van der Waals surface area (Å²) in [5.74, 6) is 0.930. The third kappa shape index (κ3) is 3.80. The maximum atomic E-state index is 12.4. The molecule has 116 valence electrons. The normalized spacial score (nSPS) is 21.7. The van der Waals surface area contributed by atoms with Crippen LogP contribution in [0.15, 0.2) is 12.1 Å². The fourth-order valence-electron chi connectivity index (χ4n) is 2.66. The number of methoxy groups -OCH3 is 2. The molecule has 1 aliphatic carbocycles. The molecule has 0 spiro atoms. The number of benzene rings is 1. The molecule has 5 nitrogen and oxygen atoms in total. The summed E-state index contributed by atoms with van der Waals surface area (Å²) in [7, 11) is 3.07. The first kappa shape index (κ1) is 15.9. The molecule has 1 aromatic carbocycles. The lowest BCUT2D eigenvalue weighted by atomic mass is 9.85. The number of hydrogen-bond acceptors (Lipinski definition) is 4. The lowest BCUT2D eigenvalue weighted by Crippen LogP contribution is -2.34. The largest absolute Gasteiger partial charge is 0.495 e.